The summed E-state index contributed by atoms with van der Waals surface area (Å²) in [5.74, 6) is 1.58. The lowest BCUT2D eigenvalue weighted by atomic mass is 10.1. The second-order valence-electron chi connectivity index (χ2n) is 7.74. The smallest absolute Gasteiger partial charge is 0.233 e. The van der Waals surface area contributed by atoms with Crippen LogP contribution in [0.25, 0.3) is 28.2 Å². The number of nitrogens with one attached hydrogen (secondary N) is 1. The molecule has 0 saturated carbocycles. The number of hydrogen-bond donors (Lipinski definition) is 1. The van der Waals surface area contributed by atoms with E-state index in [1.54, 1.807) is 4.68 Å². The molecule has 2 aromatic carbocycles. The van der Waals surface area contributed by atoms with E-state index in [9.17, 15) is 0 Å². The van der Waals surface area contributed by atoms with E-state index in [2.05, 4.69) is 77.4 Å². The van der Waals surface area contributed by atoms with Gasteiger partial charge in [-0.05, 0) is 31.7 Å². The van der Waals surface area contributed by atoms with Gasteiger partial charge in [0.15, 0.2) is 17.0 Å². The van der Waals surface area contributed by atoms with Gasteiger partial charge < -0.3 is 5.32 Å². The molecule has 0 amide bonds. The van der Waals surface area contributed by atoms with Crippen LogP contribution in [-0.4, -0.2) is 36.0 Å². The molecule has 8 heteroatoms. The predicted octanol–water partition coefficient (Wildman–Crippen LogP) is 4.95. The number of rotatable bonds is 7. The molecule has 0 fully saturated rings. The molecule has 3 heterocycles. The molecule has 164 valence electrons. The highest BCUT2D eigenvalue weighted by atomic mass is 15.4. The van der Waals surface area contributed by atoms with Crippen LogP contribution >= 0.6 is 0 Å². The second kappa shape index (κ2) is 8.66. The fourth-order valence-electron chi connectivity index (χ4n) is 3.73. The van der Waals surface area contributed by atoms with Gasteiger partial charge in [-0.25, -0.2) is 14.7 Å². The van der Waals surface area contributed by atoms with Crippen LogP contribution in [0.1, 0.15) is 18.1 Å². The lowest BCUT2D eigenvalue weighted by Crippen LogP contribution is -2.08. The minimum atomic E-state index is 0.440. The summed E-state index contributed by atoms with van der Waals surface area (Å²) in [6.45, 7) is 9.09. The molecule has 3 aromatic heterocycles. The topological polar surface area (TPSA) is 85.8 Å². The highest BCUT2D eigenvalue weighted by Gasteiger charge is 2.19. The summed E-state index contributed by atoms with van der Waals surface area (Å²) in [6, 6.07) is 18.5. The molecule has 0 atom stereocenters. The van der Waals surface area contributed by atoms with Crippen molar-refractivity contribution >= 4 is 29.6 Å². The third-order valence-corrected chi connectivity index (χ3v) is 5.49. The highest BCUT2D eigenvalue weighted by molar-refractivity contribution is 5.85. The average Bonchev–Trinajstić information content (AvgIpc) is 3.48. The van der Waals surface area contributed by atoms with Crippen LogP contribution in [-0.2, 0) is 13.1 Å². The summed E-state index contributed by atoms with van der Waals surface area (Å²) in [7, 11) is 0. The zero-order chi connectivity index (χ0) is 22.8. The van der Waals surface area contributed by atoms with Crippen molar-refractivity contribution in [3.63, 3.8) is 0 Å². The first-order valence-corrected chi connectivity index (χ1v) is 10.8. The molecule has 0 aliphatic carbocycles. The van der Waals surface area contributed by atoms with Gasteiger partial charge in [0.05, 0.1) is 6.20 Å². The van der Waals surface area contributed by atoms with Crippen molar-refractivity contribution in [3.05, 3.63) is 78.1 Å². The van der Waals surface area contributed by atoms with E-state index in [1.807, 2.05) is 35.2 Å². The highest BCUT2D eigenvalue weighted by Crippen LogP contribution is 2.27. The Bertz CT molecular complexity index is 1410. The number of aryl methyl sites for hydroxylation is 2. The van der Waals surface area contributed by atoms with Crippen molar-refractivity contribution in [2.75, 3.05) is 5.32 Å². The van der Waals surface area contributed by atoms with Crippen LogP contribution in [0.15, 0.2) is 72.0 Å². The van der Waals surface area contributed by atoms with Gasteiger partial charge in [-0.3, -0.25) is 4.57 Å². The first-order chi connectivity index (χ1) is 16.2. The van der Waals surface area contributed by atoms with Gasteiger partial charge in [0, 0.05) is 24.8 Å². The van der Waals surface area contributed by atoms with Crippen molar-refractivity contribution in [2.24, 2.45) is 4.99 Å². The second-order valence-corrected chi connectivity index (χ2v) is 7.74. The standard InChI is InChI=1S/C25H24N8/c1-4-32-23-21(22(26-3)30-24(31-23)27-14-18-8-6-5-7-9-18)29-25(32)33-16-20(15-28-33)19-12-10-17(2)11-13-19/h5-13,15-16H,3-4,14H2,1-2H3,(H,27,30,31). The van der Waals surface area contributed by atoms with Crippen molar-refractivity contribution in [1.82, 2.24) is 29.3 Å². The largest absolute Gasteiger partial charge is 0.350 e. The van der Waals surface area contributed by atoms with Crippen molar-refractivity contribution in [1.29, 1.82) is 0 Å². The van der Waals surface area contributed by atoms with Gasteiger partial charge >= 0.3 is 0 Å². The molecule has 0 radical (unpaired) electrons. The van der Waals surface area contributed by atoms with Gasteiger partial charge in [-0.1, -0.05) is 60.2 Å². The van der Waals surface area contributed by atoms with Gasteiger partial charge in [0.2, 0.25) is 11.9 Å². The number of fused-ring (bicyclic) bond motifs is 1. The lowest BCUT2D eigenvalue weighted by Gasteiger charge is -2.08. The van der Waals surface area contributed by atoms with Crippen LogP contribution in [0.3, 0.4) is 0 Å². The van der Waals surface area contributed by atoms with E-state index in [0.29, 0.717) is 42.0 Å². The molecule has 33 heavy (non-hydrogen) atoms. The fraction of sp³-hybridized carbons (Fsp3) is 0.160. The Labute approximate surface area is 191 Å². The minimum absolute atomic E-state index is 0.440. The monoisotopic (exact) mass is 436 g/mol. The zero-order valence-electron chi connectivity index (χ0n) is 18.6. The third kappa shape index (κ3) is 3.98. The number of hydrogen-bond acceptors (Lipinski definition) is 6. The Morgan fingerprint density at radius 3 is 2.48 bits per heavy atom. The van der Waals surface area contributed by atoms with Crippen LogP contribution in [0.5, 0.6) is 0 Å². The normalized spacial score (nSPS) is 11.1. The fourth-order valence-corrected chi connectivity index (χ4v) is 3.73. The quantitative estimate of drug-likeness (QED) is 0.365. The van der Waals surface area contributed by atoms with Gasteiger partial charge in [0.1, 0.15) is 0 Å². The third-order valence-electron chi connectivity index (χ3n) is 5.49. The van der Waals surface area contributed by atoms with Crippen molar-refractivity contribution in [3.8, 4) is 17.1 Å². The number of aliphatic imine (C=N–C) groups is 1. The molecule has 5 rings (SSSR count). The summed E-state index contributed by atoms with van der Waals surface area (Å²) in [4.78, 5) is 18.2. The summed E-state index contributed by atoms with van der Waals surface area (Å²) in [5, 5.41) is 7.85. The maximum atomic E-state index is 4.78. The van der Waals surface area contributed by atoms with Crippen LogP contribution in [0.2, 0.25) is 0 Å². The zero-order valence-corrected chi connectivity index (χ0v) is 18.6. The predicted molar refractivity (Wildman–Crippen MR) is 131 cm³/mol. The molecule has 1 N–H and O–H groups in total. The average molecular weight is 437 g/mol. The van der Waals surface area contributed by atoms with Gasteiger partial charge in [0.25, 0.3) is 0 Å². The van der Waals surface area contributed by atoms with E-state index < -0.39 is 0 Å². The van der Waals surface area contributed by atoms with E-state index in [-0.39, 0.29) is 0 Å². The summed E-state index contributed by atoms with van der Waals surface area (Å²) in [5.41, 5.74) is 5.76. The van der Waals surface area contributed by atoms with E-state index in [1.165, 1.54) is 5.56 Å². The lowest BCUT2D eigenvalue weighted by molar-refractivity contribution is 0.697. The molecule has 0 saturated heterocycles. The Morgan fingerprint density at radius 1 is 0.970 bits per heavy atom. The number of anilines is 1. The first kappa shape index (κ1) is 20.6. The first-order valence-electron chi connectivity index (χ1n) is 10.8. The Morgan fingerprint density at radius 2 is 1.76 bits per heavy atom. The van der Waals surface area contributed by atoms with E-state index >= 15 is 0 Å². The Kier molecular flexibility index (Phi) is 5.40. The summed E-state index contributed by atoms with van der Waals surface area (Å²) in [6.07, 6.45) is 3.82. The van der Waals surface area contributed by atoms with E-state index in [4.69, 9.17) is 9.97 Å². The van der Waals surface area contributed by atoms with Crippen LogP contribution in [0, 0.1) is 6.92 Å². The summed E-state index contributed by atoms with van der Waals surface area (Å²) < 4.78 is 3.77. The molecule has 0 unspecified atom stereocenters. The van der Waals surface area contributed by atoms with Crippen molar-refractivity contribution in [2.45, 2.75) is 26.9 Å². The number of imidazole rings is 1. The molecule has 0 spiro atoms. The SMILES string of the molecule is C=Nc1nc(NCc2ccccc2)nc2c1nc(-n1cc(-c3ccc(C)cc3)cn1)n2CC. The van der Waals surface area contributed by atoms with Crippen molar-refractivity contribution < 1.29 is 0 Å². The molecule has 0 bridgehead atoms. The maximum absolute atomic E-state index is 4.78. The molecule has 8 nitrogen and oxygen atoms in total. The molecule has 0 aliphatic heterocycles. The van der Waals surface area contributed by atoms with Gasteiger partial charge in [-0.15, -0.1) is 0 Å². The summed E-state index contributed by atoms with van der Waals surface area (Å²) >= 11 is 0. The van der Waals surface area contributed by atoms with Gasteiger partial charge in [-0.2, -0.15) is 15.1 Å². The molecular weight excluding hydrogens is 412 g/mol. The molecule has 5 aromatic rings. The molecule has 0 aliphatic rings. The maximum Gasteiger partial charge on any atom is 0.233 e. The number of benzene rings is 2. The number of nitrogens with zero attached hydrogens (tertiary/aromatic N) is 7. The van der Waals surface area contributed by atoms with Crippen LogP contribution in [0.4, 0.5) is 11.8 Å². The van der Waals surface area contributed by atoms with Crippen LogP contribution < -0.4 is 5.32 Å². The van der Waals surface area contributed by atoms with E-state index in [0.717, 1.165) is 16.7 Å². The number of aromatic nitrogens is 6. The minimum Gasteiger partial charge on any atom is -0.350 e. The Balaban J connectivity index is 1.53. The molecular formula is C25H24N8. The Hall–Kier alpha value is -4.33.